The van der Waals surface area contributed by atoms with Crippen LogP contribution in [-0.2, 0) is 6.42 Å². The first kappa shape index (κ1) is 9.15. The van der Waals surface area contributed by atoms with Gasteiger partial charge in [-0.15, -0.1) is 0 Å². The molecule has 0 aliphatic carbocycles. The first-order valence-corrected chi connectivity index (χ1v) is 4.61. The summed E-state index contributed by atoms with van der Waals surface area (Å²) in [4.78, 5) is 0. The predicted molar refractivity (Wildman–Crippen MR) is 51.6 cm³/mol. The maximum atomic E-state index is 9.64. The topological polar surface area (TPSA) is 72.7 Å². The van der Waals surface area contributed by atoms with Crippen LogP contribution in [0.25, 0.3) is 0 Å². The number of fused-ring (bicyclic) bond motifs is 1. The number of hydrogen-bond donors (Lipinski definition) is 4. The average molecular weight is 195 g/mol. The number of phenols is 3. The molecule has 14 heavy (non-hydrogen) atoms. The minimum Gasteiger partial charge on any atom is -0.504 e. The lowest BCUT2D eigenvalue weighted by Crippen LogP contribution is -2.27. The lowest BCUT2D eigenvalue weighted by atomic mass is 9.93. The van der Waals surface area contributed by atoms with E-state index in [4.69, 9.17) is 0 Å². The zero-order valence-electron chi connectivity index (χ0n) is 7.91. The SMILES string of the molecule is CC1NCCc2cc(O)c(O)c(O)c21. The average Bonchev–Trinajstić information content (AvgIpc) is 2.14. The molecule has 1 aliphatic rings. The maximum Gasteiger partial charge on any atom is 0.200 e. The van der Waals surface area contributed by atoms with Gasteiger partial charge in [0.25, 0.3) is 0 Å². The summed E-state index contributed by atoms with van der Waals surface area (Å²) in [5, 5.41) is 31.5. The Morgan fingerprint density at radius 2 is 2.00 bits per heavy atom. The Morgan fingerprint density at radius 3 is 2.71 bits per heavy atom. The van der Waals surface area contributed by atoms with Crippen LogP contribution in [0.4, 0.5) is 0 Å². The fraction of sp³-hybridized carbons (Fsp3) is 0.400. The molecule has 1 unspecified atom stereocenters. The van der Waals surface area contributed by atoms with Gasteiger partial charge in [0.2, 0.25) is 5.75 Å². The van der Waals surface area contributed by atoms with E-state index in [-0.39, 0.29) is 17.5 Å². The highest BCUT2D eigenvalue weighted by molar-refractivity contribution is 5.58. The highest BCUT2D eigenvalue weighted by Gasteiger charge is 2.23. The summed E-state index contributed by atoms with van der Waals surface area (Å²) in [5.41, 5.74) is 1.58. The van der Waals surface area contributed by atoms with Crippen molar-refractivity contribution in [1.29, 1.82) is 0 Å². The van der Waals surface area contributed by atoms with E-state index in [1.807, 2.05) is 6.92 Å². The molecule has 1 atom stereocenters. The first-order chi connectivity index (χ1) is 6.61. The monoisotopic (exact) mass is 195 g/mol. The Balaban J connectivity index is 2.64. The third-order valence-electron chi connectivity index (χ3n) is 2.66. The molecule has 1 aliphatic heterocycles. The molecular formula is C10H13NO3. The molecular weight excluding hydrogens is 182 g/mol. The lowest BCUT2D eigenvalue weighted by Gasteiger charge is -2.25. The predicted octanol–water partition coefficient (Wildman–Crippen LogP) is 1.01. The summed E-state index contributed by atoms with van der Waals surface area (Å²) in [5.74, 6) is -0.894. The van der Waals surface area contributed by atoms with Gasteiger partial charge in [0.05, 0.1) is 0 Å². The third-order valence-corrected chi connectivity index (χ3v) is 2.66. The second-order valence-electron chi connectivity index (χ2n) is 3.59. The molecule has 0 amide bonds. The summed E-state index contributed by atoms with van der Waals surface area (Å²) in [6.45, 7) is 2.73. The molecule has 4 N–H and O–H groups in total. The molecule has 0 saturated carbocycles. The van der Waals surface area contributed by atoms with E-state index in [0.717, 1.165) is 18.5 Å². The lowest BCUT2D eigenvalue weighted by molar-refractivity contribution is 0.357. The molecule has 0 radical (unpaired) electrons. The van der Waals surface area contributed by atoms with Crippen LogP contribution < -0.4 is 5.32 Å². The summed E-state index contributed by atoms with van der Waals surface area (Å²) >= 11 is 0. The summed E-state index contributed by atoms with van der Waals surface area (Å²) in [7, 11) is 0. The Kier molecular flexibility index (Phi) is 2.00. The summed E-state index contributed by atoms with van der Waals surface area (Å²) in [6.07, 6.45) is 0.751. The Bertz CT molecular complexity index is 376. The van der Waals surface area contributed by atoms with Crippen LogP contribution in [-0.4, -0.2) is 21.9 Å². The molecule has 0 bridgehead atoms. The summed E-state index contributed by atoms with van der Waals surface area (Å²) < 4.78 is 0. The van der Waals surface area contributed by atoms with E-state index in [2.05, 4.69) is 5.32 Å². The number of phenolic OH excluding ortho intramolecular Hbond substituents is 3. The van der Waals surface area contributed by atoms with Gasteiger partial charge in [0.1, 0.15) is 0 Å². The van der Waals surface area contributed by atoms with Gasteiger partial charge in [-0.05, 0) is 31.5 Å². The van der Waals surface area contributed by atoms with Crippen molar-refractivity contribution in [3.8, 4) is 17.2 Å². The van der Waals surface area contributed by atoms with Gasteiger partial charge in [-0.1, -0.05) is 0 Å². The van der Waals surface area contributed by atoms with Crippen LogP contribution >= 0.6 is 0 Å². The smallest absolute Gasteiger partial charge is 0.200 e. The molecule has 1 aromatic carbocycles. The number of nitrogens with one attached hydrogen (secondary N) is 1. The van der Waals surface area contributed by atoms with Crippen molar-refractivity contribution < 1.29 is 15.3 Å². The first-order valence-electron chi connectivity index (χ1n) is 4.61. The van der Waals surface area contributed by atoms with E-state index in [9.17, 15) is 15.3 Å². The van der Waals surface area contributed by atoms with Crippen molar-refractivity contribution >= 4 is 0 Å². The van der Waals surface area contributed by atoms with Gasteiger partial charge in [0, 0.05) is 11.6 Å². The van der Waals surface area contributed by atoms with Crippen LogP contribution in [0.3, 0.4) is 0 Å². The zero-order chi connectivity index (χ0) is 10.3. The van der Waals surface area contributed by atoms with E-state index in [1.165, 1.54) is 6.07 Å². The molecule has 76 valence electrons. The van der Waals surface area contributed by atoms with Crippen molar-refractivity contribution in [3.63, 3.8) is 0 Å². The summed E-state index contributed by atoms with van der Waals surface area (Å²) in [6, 6.07) is 1.52. The highest BCUT2D eigenvalue weighted by Crippen LogP contribution is 2.43. The second-order valence-corrected chi connectivity index (χ2v) is 3.59. The molecule has 2 rings (SSSR count). The van der Waals surface area contributed by atoms with Crippen LogP contribution in [0.1, 0.15) is 24.1 Å². The van der Waals surface area contributed by atoms with Gasteiger partial charge in [-0.25, -0.2) is 0 Å². The van der Waals surface area contributed by atoms with E-state index in [0.29, 0.717) is 5.56 Å². The van der Waals surface area contributed by atoms with Gasteiger partial charge in [0.15, 0.2) is 11.5 Å². The van der Waals surface area contributed by atoms with Gasteiger partial charge in [-0.2, -0.15) is 0 Å². The molecule has 0 aromatic heterocycles. The van der Waals surface area contributed by atoms with E-state index in [1.54, 1.807) is 0 Å². The Hall–Kier alpha value is -1.42. The third kappa shape index (κ3) is 1.19. The fourth-order valence-electron chi connectivity index (χ4n) is 1.93. The number of aromatic hydroxyl groups is 3. The van der Waals surface area contributed by atoms with Crippen molar-refractivity contribution in [2.24, 2.45) is 0 Å². The molecule has 0 spiro atoms. The second kappa shape index (κ2) is 3.06. The number of hydrogen-bond acceptors (Lipinski definition) is 4. The maximum absolute atomic E-state index is 9.64. The minimum atomic E-state index is -0.431. The minimum absolute atomic E-state index is 0.00486. The van der Waals surface area contributed by atoms with Crippen molar-refractivity contribution in [2.75, 3.05) is 6.54 Å². The standard InChI is InChI=1S/C10H13NO3/c1-5-8-6(2-3-11-5)4-7(12)9(13)10(8)14/h4-5,11-14H,2-3H2,1H3. The van der Waals surface area contributed by atoms with E-state index < -0.39 is 5.75 Å². The van der Waals surface area contributed by atoms with Gasteiger partial charge >= 0.3 is 0 Å². The molecule has 0 fully saturated rings. The molecule has 1 aromatic rings. The van der Waals surface area contributed by atoms with Crippen molar-refractivity contribution in [1.82, 2.24) is 5.32 Å². The van der Waals surface area contributed by atoms with Crippen molar-refractivity contribution in [3.05, 3.63) is 17.2 Å². The molecule has 0 saturated heterocycles. The Labute approximate surface area is 81.8 Å². The largest absolute Gasteiger partial charge is 0.504 e. The quantitative estimate of drug-likeness (QED) is 0.466. The number of benzene rings is 1. The van der Waals surface area contributed by atoms with Gasteiger partial charge < -0.3 is 20.6 Å². The van der Waals surface area contributed by atoms with Crippen molar-refractivity contribution in [2.45, 2.75) is 19.4 Å². The Morgan fingerprint density at radius 1 is 1.29 bits per heavy atom. The molecule has 4 nitrogen and oxygen atoms in total. The van der Waals surface area contributed by atoms with Gasteiger partial charge in [-0.3, -0.25) is 0 Å². The van der Waals surface area contributed by atoms with Crippen LogP contribution in [0.2, 0.25) is 0 Å². The van der Waals surface area contributed by atoms with Crippen LogP contribution in [0, 0.1) is 0 Å². The molecule has 1 heterocycles. The van der Waals surface area contributed by atoms with E-state index >= 15 is 0 Å². The highest BCUT2D eigenvalue weighted by atomic mass is 16.3. The zero-order valence-corrected chi connectivity index (χ0v) is 7.91. The number of rotatable bonds is 0. The molecule has 4 heteroatoms. The normalized spacial score (nSPS) is 20.5. The van der Waals surface area contributed by atoms with Crippen LogP contribution in [0.15, 0.2) is 6.07 Å². The van der Waals surface area contributed by atoms with Crippen LogP contribution in [0.5, 0.6) is 17.2 Å². The fourth-order valence-corrected chi connectivity index (χ4v) is 1.93.